The monoisotopic (exact) mass is 455 g/mol. The number of thiophene rings is 1. The van der Waals surface area contributed by atoms with Gasteiger partial charge in [-0.3, -0.25) is 4.79 Å². The minimum Gasteiger partial charge on any atom is -0.382 e. The number of nitrogens with zero attached hydrogens (tertiary/aromatic N) is 1. The first-order valence-corrected chi connectivity index (χ1v) is 11.6. The average Bonchev–Trinajstić information content (AvgIpc) is 3.27. The second-order valence-electron chi connectivity index (χ2n) is 7.62. The maximum atomic E-state index is 12.7. The number of carbonyl (C=O) groups is 1. The van der Waals surface area contributed by atoms with Crippen LogP contribution in [-0.4, -0.2) is 31.7 Å². The number of nitrogens with one attached hydrogen (secondary N) is 2. The van der Waals surface area contributed by atoms with Crippen molar-refractivity contribution in [2.45, 2.75) is 50.3 Å². The molecule has 2 heterocycles. The summed E-state index contributed by atoms with van der Waals surface area (Å²) in [5.74, 6) is -0.359. The summed E-state index contributed by atoms with van der Waals surface area (Å²) in [4.78, 5) is 18.7. The smallest absolute Gasteiger partial charge is 0.264 e. The van der Waals surface area contributed by atoms with Gasteiger partial charge in [0.15, 0.2) is 0 Å². The normalized spacial score (nSPS) is 17.0. The summed E-state index contributed by atoms with van der Waals surface area (Å²) in [6.45, 7) is 5.36. The zero-order valence-electron chi connectivity index (χ0n) is 16.2. The van der Waals surface area contributed by atoms with E-state index in [9.17, 15) is 13.2 Å². The summed E-state index contributed by atoms with van der Waals surface area (Å²) in [6, 6.07) is 10.2. The third kappa shape index (κ3) is 5.57. The van der Waals surface area contributed by atoms with Gasteiger partial charge in [0, 0.05) is 18.5 Å². The van der Waals surface area contributed by atoms with E-state index in [2.05, 4.69) is 15.2 Å². The molecule has 10 heteroatoms. The minimum atomic E-state index is -3.72. The average molecular weight is 456 g/mol. The van der Waals surface area contributed by atoms with Crippen molar-refractivity contribution in [3.63, 3.8) is 0 Å². The van der Waals surface area contributed by atoms with Gasteiger partial charge >= 0.3 is 0 Å². The molecule has 1 amide bonds. The second-order valence-corrected chi connectivity index (χ2v) is 11.0. The molecule has 1 aliphatic rings. The Kier molecular flexibility index (Phi) is 6.33. The summed E-state index contributed by atoms with van der Waals surface area (Å²) in [5.41, 5.74) is 0.534. The first kappa shape index (κ1) is 21.8. The summed E-state index contributed by atoms with van der Waals surface area (Å²) in [6.07, 6.45) is -0.434. The Morgan fingerprint density at radius 3 is 2.66 bits per heavy atom. The SMILES string of the molecule is CC(C)(C)NS(=O)(=O)c1ccccc1CNC(=O)C1CC(c2ccc(Cl)s2)=NO1. The van der Waals surface area contributed by atoms with Gasteiger partial charge in [-0.25, -0.2) is 13.1 Å². The zero-order valence-corrected chi connectivity index (χ0v) is 18.6. The Morgan fingerprint density at radius 1 is 1.28 bits per heavy atom. The van der Waals surface area contributed by atoms with Crippen molar-refractivity contribution >= 4 is 44.6 Å². The lowest BCUT2D eigenvalue weighted by atomic mass is 10.1. The molecule has 2 aromatic rings. The number of hydrogen-bond acceptors (Lipinski definition) is 6. The summed E-state index contributed by atoms with van der Waals surface area (Å²) in [5, 5.41) is 6.72. The van der Waals surface area contributed by atoms with Crippen LogP contribution in [0.25, 0.3) is 0 Å². The van der Waals surface area contributed by atoms with Crippen molar-refractivity contribution in [3.05, 3.63) is 51.2 Å². The van der Waals surface area contributed by atoms with E-state index in [4.69, 9.17) is 16.4 Å². The predicted octanol–water partition coefficient (Wildman–Crippen LogP) is 3.29. The Labute approximate surface area is 179 Å². The largest absolute Gasteiger partial charge is 0.382 e. The van der Waals surface area contributed by atoms with Crippen LogP contribution < -0.4 is 10.0 Å². The van der Waals surface area contributed by atoms with Crippen LogP contribution in [0.1, 0.15) is 37.6 Å². The molecule has 29 heavy (non-hydrogen) atoms. The van der Waals surface area contributed by atoms with Crippen molar-refractivity contribution in [3.8, 4) is 0 Å². The maximum absolute atomic E-state index is 12.7. The molecular weight excluding hydrogens is 434 g/mol. The molecule has 0 saturated carbocycles. The van der Waals surface area contributed by atoms with Crippen LogP contribution >= 0.6 is 22.9 Å². The Bertz CT molecular complexity index is 1040. The second kappa shape index (κ2) is 8.43. The van der Waals surface area contributed by atoms with Crippen LogP contribution in [0.3, 0.4) is 0 Å². The minimum absolute atomic E-state index is 0.0556. The molecule has 0 spiro atoms. The lowest BCUT2D eigenvalue weighted by molar-refractivity contribution is -0.131. The van der Waals surface area contributed by atoms with Gasteiger partial charge < -0.3 is 10.2 Å². The highest BCUT2D eigenvalue weighted by molar-refractivity contribution is 7.89. The third-order valence-electron chi connectivity index (χ3n) is 3.97. The van der Waals surface area contributed by atoms with E-state index < -0.39 is 21.7 Å². The van der Waals surface area contributed by atoms with Crippen LogP contribution in [-0.2, 0) is 26.2 Å². The van der Waals surface area contributed by atoms with Crippen molar-refractivity contribution in [1.29, 1.82) is 0 Å². The molecule has 0 aliphatic carbocycles. The highest BCUT2D eigenvalue weighted by Gasteiger charge is 2.30. The molecule has 1 aromatic carbocycles. The zero-order chi connectivity index (χ0) is 21.2. The molecule has 156 valence electrons. The molecule has 0 radical (unpaired) electrons. The molecule has 3 rings (SSSR count). The molecule has 0 saturated heterocycles. The lowest BCUT2D eigenvalue weighted by Gasteiger charge is -2.21. The van der Waals surface area contributed by atoms with Gasteiger partial charge in [0.2, 0.25) is 16.1 Å². The molecule has 1 unspecified atom stereocenters. The molecular formula is C19H22ClN3O4S2. The van der Waals surface area contributed by atoms with Gasteiger partial charge in [0.25, 0.3) is 5.91 Å². The number of amides is 1. The van der Waals surface area contributed by atoms with Crippen molar-refractivity contribution in [2.24, 2.45) is 5.16 Å². The van der Waals surface area contributed by atoms with Crippen molar-refractivity contribution in [2.75, 3.05) is 0 Å². The van der Waals surface area contributed by atoms with Crippen LogP contribution in [0.2, 0.25) is 4.34 Å². The van der Waals surface area contributed by atoms with E-state index in [1.54, 1.807) is 45.0 Å². The fourth-order valence-corrected chi connectivity index (χ4v) is 5.49. The highest BCUT2D eigenvalue weighted by Crippen LogP contribution is 2.26. The number of halogens is 1. The van der Waals surface area contributed by atoms with Crippen molar-refractivity contribution < 1.29 is 18.0 Å². The number of sulfonamides is 1. The van der Waals surface area contributed by atoms with Gasteiger partial charge in [-0.15, -0.1) is 11.3 Å². The summed E-state index contributed by atoms with van der Waals surface area (Å²) < 4.78 is 28.7. The molecule has 7 nitrogen and oxygen atoms in total. The molecule has 1 aliphatic heterocycles. The fourth-order valence-electron chi connectivity index (χ4n) is 2.80. The van der Waals surface area contributed by atoms with Gasteiger partial charge in [0.1, 0.15) is 5.71 Å². The number of oxime groups is 1. The first-order valence-electron chi connectivity index (χ1n) is 8.93. The molecule has 1 atom stereocenters. The highest BCUT2D eigenvalue weighted by atomic mass is 35.5. The lowest BCUT2D eigenvalue weighted by Crippen LogP contribution is -2.41. The van der Waals surface area contributed by atoms with Gasteiger partial charge in [-0.1, -0.05) is 35.0 Å². The number of hydrogen-bond donors (Lipinski definition) is 2. The van der Waals surface area contributed by atoms with E-state index in [1.165, 1.54) is 17.4 Å². The van der Waals surface area contributed by atoms with Crippen LogP contribution in [0, 0.1) is 0 Å². The first-order chi connectivity index (χ1) is 13.5. The van der Waals surface area contributed by atoms with Gasteiger partial charge in [-0.05, 0) is 44.5 Å². The quantitative estimate of drug-likeness (QED) is 0.698. The van der Waals surface area contributed by atoms with Crippen LogP contribution in [0.4, 0.5) is 0 Å². The maximum Gasteiger partial charge on any atom is 0.264 e. The van der Waals surface area contributed by atoms with E-state index in [0.717, 1.165) is 4.88 Å². The standard InChI is InChI=1S/C19H22ClN3O4S2/c1-19(2,3)23-29(25,26)16-7-5-4-6-12(16)11-21-18(24)14-10-13(22-27-14)15-8-9-17(20)28-15/h4-9,14,23H,10-11H2,1-3H3,(H,21,24). The summed E-state index contributed by atoms with van der Waals surface area (Å²) in [7, 11) is -3.72. The van der Waals surface area contributed by atoms with Gasteiger partial charge in [-0.2, -0.15) is 0 Å². The Hall–Kier alpha value is -1.94. The molecule has 0 bridgehead atoms. The van der Waals surface area contributed by atoms with E-state index in [1.807, 2.05) is 6.07 Å². The van der Waals surface area contributed by atoms with Gasteiger partial charge in [0.05, 0.1) is 14.1 Å². The van der Waals surface area contributed by atoms with E-state index in [0.29, 0.717) is 22.0 Å². The number of rotatable bonds is 6. The van der Waals surface area contributed by atoms with Crippen LogP contribution in [0.5, 0.6) is 0 Å². The molecule has 1 aromatic heterocycles. The summed E-state index contributed by atoms with van der Waals surface area (Å²) >= 11 is 7.30. The Morgan fingerprint density at radius 2 is 2.00 bits per heavy atom. The fraction of sp³-hybridized carbons (Fsp3) is 0.368. The van der Waals surface area contributed by atoms with Crippen LogP contribution in [0.15, 0.2) is 46.4 Å². The topological polar surface area (TPSA) is 96.9 Å². The van der Waals surface area contributed by atoms with E-state index >= 15 is 0 Å². The Balaban J connectivity index is 1.65. The third-order valence-corrected chi connectivity index (χ3v) is 7.11. The predicted molar refractivity (Wildman–Crippen MR) is 114 cm³/mol. The number of carbonyl (C=O) groups excluding carboxylic acids is 1. The van der Waals surface area contributed by atoms with Crippen molar-refractivity contribution in [1.82, 2.24) is 10.0 Å². The van der Waals surface area contributed by atoms with E-state index in [-0.39, 0.29) is 17.3 Å². The molecule has 0 fully saturated rings. The molecule has 2 N–H and O–H groups in total. The number of benzene rings is 1.